The number of rotatable bonds is 5. The molecule has 1 aromatic carbocycles. The maximum atomic E-state index is 4.45. The van der Waals surface area contributed by atoms with Gasteiger partial charge in [0, 0.05) is 23.9 Å². The molecule has 0 saturated carbocycles. The van der Waals surface area contributed by atoms with Gasteiger partial charge in [-0.3, -0.25) is 0 Å². The Balaban J connectivity index is 1.87. The van der Waals surface area contributed by atoms with Crippen LogP contribution >= 0.6 is 0 Å². The SMILES string of the molecule is CCCN(CC1CCNCC1)c1nncc2ccccc12. The van der Waals surface area contributed by atoms with Gasteiger partial charge in [-0.25, -0.2) is 0 Å². The van der Waals surface area contributed by atoms with Crippen molar-refractivity contribution < 1.29 is 0 Å². The van der Waals surface area contributed by atoms with Crippen molar-refractivity contribution in [3.05, 3.63) is 30.5 Å². The first-order valence-corrected chi connectivity index (χ1v) is 8.04. The Morgan fingerprint density at radius 1 is 1.24 bits per heavy atom. The molecule has 0 bridgehead atoms. The molecule has 0 spiro atoms. The van der Waals surface area contributed by atoms with Gasteiger partial charge >= 0.3 is 0 Å². The molecule has 112 valence electrons. The van der Waals surface area contributed by atoms with Gasteiger partial charge in [0.05, 0.1) is 6.20 Å². The smallest absolute Gasteiger partial charge is 0.159 e. The van der Waals surface area contributed by atoms with Crippen LogP contribution in [0, 0.1) is 5.92 Å². The lowest BCUT2D eigenvalue weighted by molar-refractivity contribution is 0.372. The lowest BCUT2D eigenvalue weighted by Gasteiger charge is -2.31. The second-order valence-electron chi connectivity index (χ2n) is 5.89. The molecule has 4 nitrogen and oxygen atoms in total. The second kappa shape index (κ2) is 6.85. The fraction of sp³-hybridized carbons (Fsp3) is 0.529. The standard InChI is InChI=1S/C17H24N4/c1-2-11-21(13-14-7-9-18-10-8-14)17-16-6-4-3-5-15(16)12-19-20-17/h3-6,12,14,18H,2,7-11,13H2,1H3. The Labute approximate surface area is 126 Å². The van der Waals surface area contributed by atoms with Crippen molar-refractivity contribution in [1.29, 1.82) is 0 Å². The molecule has 2 aromatic rings. The van der Waals surface area contributed by atoms with E-state index in [-0.39, 0.29) is 0 Å². The maximum absolute atomic E-state index is 4.45. The summed E-state index contributed by atoms with van der Waals surface area (Å²) in [6.07, 6.45) is 5.51. The van der Waals surface area contributed by atoms with Crippen molar-refractivity contribution >= 4 is 16.6 Å². The molecule has 0 unspecified atom stereocenters. The van der Waals surface area contributed by atoms with Crippen LogP contribution in [0.5, 0.6) is 0 Å². The predicted molar refractivity (Wildman–Crippen MR) is 87.6 cm³/mol. The third-order valence-electron chi connectivity index (χ3n) is 4.28. The summed E-state index contributed by atoms with van der Waals surface area (Å²) in [5, 5.41) is 14.5. The highest BCUT2D eigenvalue weighted by Crippen LogP contribution is 2.25. The van der Waals surface area contributed by atoms with Crippen LogP contribution in [0.2, 0.25) is 0 Å². The van der Waals surface area contributed by atoms with Crippen LogP contribution in [0.1, 0.15) is 26.2 Å². The third-order valence-corrected chi connectivity index (χ3v) is 4.28. The molecular weight excluding hydrogens is 260 g/mol. The Bertz CT molecular complexity index is 573. The molecule has 1 aliphatic rings. The van der Waals surface area contributed by atoms with Gasteiger partial charge in [-0.1, -0.05) is 31.2 Å². The summed E-state index contributed by atoms with van der Waals surface area (Å²) in [6, 6.07) is 8.42. The number of nitrogens with zero attached hydrogens (tertiary/aromatic N) is 3. The molecule has 0 aliphatic carbocycles. The van der Waals surface area contributed by atoms with Gasteiger partial charge in [-0.15, -0.1) is 5.10 Å². The van der Waals surface area contributed by atoms with Crippen LogP contribution in [0.25, 0.3) is 10.8 Å². The molecular formula is C17H24N4. The largest absolute Gasteiger partial charge is 0.354 e. The van der Waals surface area contributed by atoms with Gasteiger partial charge in [-0.05, 0) is 38.3 Å². The van der Waals surface area contributed by atoms with E-state index >= 15 is 0 Å². The van der Waals surface area contributed by atoms with E-state index in [0.717, 1.165) is 44.3 Å². The van der Waals surface area contributed by atoms with Gasteiger partial charge in [0.25, 0.3) is 0 Å². The topological polar surface area (TPSA) is 41.0 Å². The summed E-state index contributed by atoms with van der Waals surface area (Å²) in [4.78, 5) is 2.44. The van der Waals surface area contributed by atoms with Crippen molar-refractivity contribution in [3.8, 4) is 0 Å². The highest BCUT2D eigenvalue weighted by atomic mass is 15.3. The highest BCUT2D eigenvalue weighted by Gasteiger charge is 2.19. The summed E-state index contributed by atoms with van der Waals surface area (Å²) < 4.78 is 0. The van der Waals surface area contributed by atoms with Gasteiger partial charge in [0.2, 0.25) is 0 Å². The predicted octanol–water partition coefficient (Wildman–Crippen LogP) is 2.85. The fourth-order valence-corrected chi connectivity index (χ4v) is 3.18. The van der Waals surface area contributed by atoms with Crippen LogP contribution in [0.15, 0.2) is 30.5 Å². The average Bonchev–Trinajstić information content (AvgIpc) is 2.55. The molecule has 1 N–H and O–H groups in total. The van der Waals surface area contributed by atoms with E-state index in [0.29, 0.717) is 0 Å². The minimum atomic E-state index is 0.763. The molecule has 2 heterocycles. The van der Waals surface area contributed by atoms with Crippen LogP contribution in [-0.4, -0.2) is 36.4 Å². The normalized spacial score (nSPS) is 16.2. The van der Waals surface area contributed by atoms with E-state index in [9.17, 15) is 0 Å². The van der Waals surface area contributed by atoms with Gasteiger partial charge < -0.3 is 10.2 Å². The lowest BCUT2D eigenvalue weighted by Crippen LogP contribution is -2.37. The third kappa shape index (κ3) is 3.32. The molecule has 3 rings (SSSR count). The number of hydrogen-bond donors (Lipinski definition) is 1. The fourth-order valence-electron chi connectivity index (χ4n) is 3.18. The van der Waals surface area contributed by atoms with E-state index < -0.39 is 0 Å². The molecule has 1 aromatic heterocycles. The summed E-state index contributed by atoms with van der Waals surface area (Å²) in [5.41, 5.74) is 0. The van der Waals surface area contributed by atoms with Crippen molar-refractivity contribution in [2.75, 3.05) is 31.1 Å². The van der Waals surface area contributed by atoms with Gasteiger partial charge in [0.1, 0.15) is 0 Å². The Morgan fingerprint density at radius 2 is 2.05 bits per heavy atom. The van der Waals surface area contributed by atoms with Gasteiger partial charge in [0.15, 0.2) is 5.82 Å². The van der Waals surface area contributed by atoms with Gasteiger partial charge in [-0.2, -0.15) is 5.10 Å². The first kappa shape index (κ1) is 14.3. The minimum absolute atomic E-state index is 0.763. The van der Waals surface area contributed by atoms with Crippen LogP contribution < -0.4 is 10.2 Å². The minimum Gasteiger partial charge on any atom is -0.354 e. The van der Waals surface area contributed by atoms with E-state index in [1.807, 2.05) is 6.20 Å². The van der Waals surface area contributed by atoms with Crippen molar-refractivity contribution in [1.82, 2.24) is 15.5 Å². The number of anilines is 1. The van der Waals surface area contributed by atoms with Crippen molar-refractivity contribution in [2.24, 2.45) is 5.92 Å². The number of piperidine rings is 1. The Morgan fingerprint density at radius 3 is 2.86 bits per heavy atom. The van der Waals surface area contributed by atoms with Crippen LogP contribution in [0.3, 0.4) is 0 Å². The average molecular weight is 284 g/mol. The quantitative estimate of drug-likeness (QED) is 0.916. The Hall–Kier alpha value is -1.68. The molecule has 4 heteroatoms. The number of hydrogen-bond acceptors (Lipinski definition) is 4. The van der Waals surface area contributed by atoms with Crippen LogP contribution in [0.4, 0.5) is 5.82 Å². The van der Waals surface area contributed by atoms with E-state index in [1.165, 1.54) is 23.6 Å². The molecule has 1 aliphatic heterocycles. The summed E-state index contributed by atoms with van der Waals surface area (Å²) in [5.74, 6) is 1.81. The zero-order chi connectivity index (χ0) is 14.5. The first-order valence-electron chi connectivity index (χ1n) is 8.04. The van der Waals surface area contributed by atoms with Crippen molar-refractivity contribution in [2.45, 2.75) is 26.2 Å². The number of benzene rings is 1. The molecule has 0 amide bonds. The maximum Gasteiger partial charge on any atom is 0.159 e. The Kier molecular flexibility index (Phi) is 4.65. The highest BCUT2D eigenvalue weighted by molar-refractivity contribution is 5.91. The molecule has 1 saturated heterocycles. The first-order chi connectivity index (χ1) is 10.4. The van der Waals surface area contributed by atoms with Crippen LogP contribution in [-0.2, 0) is 0 Å². The zero-order valence-electron chi connectivity index (χ0n) is 12.8. The summed E-state index contributed by atoms with van der Waals surface area (Å²) in [7, 11) is 0. The second-order valence-corrected chi connectivity index (χ2v) is 5.89. The van der Waals surface area contributed by atoms with E-state index in [4.69, 9.17) is 0 Å². The molecule has 1 fully saturated rings. The summed E-state index contributed by atoms with van der Waals surface area (Å²) >= 11 is 0. The molecule has 0 atom stereocenters. The zero-order valence-corrected chi connectivity index (χ0v) is 12.8. The van der Waals surface area contributed by atoms with Crippen molar-refractivity contribution in [3.63, 3.8) is 0 Å². The molecule has 0 radical (unpaired) electrons. The summed E-state index contributed by atoms with van der Waals surface area (Å²) in [6.45, 7) is 6.66. The number of nitrogens with one attached hydrogen (secondary N) is 1. The number of fused-ring (bicyclic) bond motifs is 1. The monoisotopic (exact) mass is 284 g/mol. The molecule has 21 heavy (non-hydrogen) atoms. The van der Waals surface area contributed by atoms with E-state index in [1.54, 1.807) is 0 Å². The lowest BCUT2D eigenvalue weighted by atomic mass is 9.97. The number of aromatic nitrogens is 2. The van der Waals surface area contributed by atoms with E-state index in [2.05, 4.69) is 51.6 Å².